The van der Waals surface area contributed by atoms with E-state index in [-0.39, 0.29) is 0 Å². The highest BCUT2D eigenvalue weighted by molar-refractivity contribution is 8.18. The smallest absolute Gasteiger partial charge is 0.298 e. The summed E-state index contributed by atoms with van der Waals surface area (Å²) in [6.45, 7) is 0. The Morgan fingerprint density at radius 2 is 1.91 bits per heavy atom. The molecule has 1 aromatic carbocycles. The van der Waals surface area contributed by atoms with E-state index in [2.05, 4.69) is 0 Å². The number of rotatable bonds is 3. The van der Waals surface area contributed by atoms with E-state index < -0.39 is 17.0 Å². The number of furan rings is 1. The van der Waals surface area contributed by atoms with Crippen molar-refractivity contribution in [2.75, 3.05) is 4.90 Å². The van der Waals surface area contributed by atoms with Crippen molar-refractivity contribution in [1.29, 1.82) is 0 Å². The molecule has 110 valence electrons. The van der Waals surface area contributed by atoms with Crippen molar-refractivity contribution in [2.45, 2.75) is 0 Å². The van der Waals surface area contributed by atoms with E-state index in [1.54, 1.807) is 36.6 Å². The molecule has 0 atom stereocenters. The maximum absolute atomic E-state index is 12.9. The molecule has 0 unspecified atom stereocenters. The van der Waals surface area contributed by atoms with Gasteiger partial charge in [0.15, 0.2) is 0 Å². The summed E-state index contributed by atoms with van der Waals surface area (Å²) < 4.78 is 18.0. The van der Waals surface area contributed by atoms with E-state index in [0.717, 1.165) is 16.7 Å². The van der Waals surface area contributed by atoms with Gasteiger partial charge in [0.2, 0.25) is 0 Å². The molecule has 0 spiro atoms. The first kappa shape index (κ1) is 14.3. The predicted octanol–water partition coefficient (Wildman–Crippen LogP) is 4.22. The van der Waals surface area contributed by atoms with Gasteiger partial charge in [0.05, 0.1) is 16.9 Å². The van der Waals surface area contributed by atoms with Crippen molar-refractivity contribution in [1.82, 2.24) is 0 Å². The Balaban J connectivity index is 1.80. The molecule has 0 aliphatic carbocycles. The van der Waals surface area contributed by atoms with Gasteiger partial charge in [-0.05, 0) is 60.3 Å². The monoisotopic (exact) mass is 315 g/mol. The molecule has 2 amide bonds. The average molecular weight is 315 g/mol. The summed E-state index contributed by atoms with van der Waals surface area (Å²) in [5.74, 6) is -0.202. The van der Waals surface area contributed by atoms with Crippen molar-refractivity contribution in [2.24, 2.45) is 0 Å². The summed E-state index contributed by atoms with van der Waals surface area (Å²) in [5, 5.41) is -0.408. The standard InChI is InChI=1S/C16H10FNO3S/c17-11-6-8-12(9-7-11)18-15(19)14(22-16(18)20)5-1-3-13-4-2-10-21-13/h1-10H/b3-1+,14-5-. The molecule has 2 heterocycles. The highest BCUT2D eigenvalue weighted by Crippen LogP contribution is 2.34. The Labute approximate surface area is 129 Å². The highest BCUT2D eigenvalue weighted by atomic mass is 32.2. The Morgan fingerprint density at radius 1 is 1.14 bits per heavy atom. The van der Waals surface area contributed by atoms with Crippen molar-refractivity contribution >= 4 is 34.7 Å². The third kappa shape index (κ3) is 2.87. The number of halogens is 1. The molecule has 1 fully saturated rings. The zero-order valence-electron chi connectivity index (χ0n) is 11.2. The second-order valence-corrected chi connectivity index (χ2v) is 5.38. The number of hydrogen-bond donors (Lipinski definition) is 0. The number of allylic oxidation sites excluding steroid dienone is 2. The first-order valence-corrected chi connectivity index (χ1v) is 7.20. The zero-order valence-corrected chi connectivity index (χ0v) is 12.0. The number of imide groups is 1. The van der Waals surface area contributed by atoms with Gasteiger partial charge in [-0.3, -0.25) is 9.59 Å². The van der Waals surface area contributed by atoms with Crippen molar-refractivity contribution in [3.05, 3.63) is 71.3 Å². The lowest BCUT2D eigenvalue weighted by molar-refractivity contribution is -0.113. The van der Waals surface area contributed by atoms with Crippen LogP contribution in [0.5, 0.6) is 0 Å². The number of hydrogen-bond acceptors (Lipinski definition) is 4. The third-order valence-electron chi connectivity index (χ3n) is 2.93. The van der Waals surface area contributed by atoms with Crippen LogP contribution in [0.25, 0.3) is 6.08 Å². The lowest BCUT2D eigenvalue weighted by atomic mass is 10.3. The van der Waals surface area contributed by atoms with Gasteiger partial charge in [-0.15, -0.1) is 0 Å². The molecule has 1 aliphatic rings. The summed E-state index contributed by atoms with van der Waals surface area (Å²) in [7, 11) is 0. The molecular formula is C16H10FNO3S. The molecule has 3 rings (SSSR count). The molecule has 0 radical (unpaired) electrons. The average Bonchev–Trinajstić information content (AvgIpc) is 3.10. The van der Waals surface area contributed by atoms with Gasteiger partial charge >= 0.3 is 0 Å². The van der Waals surface area contributed by atoms with Gasteiger partial charge < -0.3 is 4.42 Å². The van der Waals surface area contributed by atoms with Crippen LogP contribution in [0.3, 0.4) is 0 Å². The molecule has 1 aromatic heterocycles. The van der Waals surface area contributed by atoms with E-state index in [1.807, 2.05) is 0 Å². The van der Waals surface area contributed by atoms with Crippen LogP contribution in [0, 0.1) is 5.82 Å². The summed E-state index contributed by atoms with van der Waals surface area (Å²) in [6.07, 6.45) is 6.42. The van der Waals surface area contributed by atoms with Crippen LogP contribution in [-0.4, -0.2) is 11.1 Å². The molecule has 1 saturated heterocycles. The van der Waals surface area contributed by atoms with Crippen LogP contribution in [0.1, 0.15) is 5.76 Å². The number of carbonyl (C=O) groups is 2. The second-order valence-electron chi connectivity index (χ2n) is 4.39. The van der Waals surface area contributed by atoms with Gasteiger partial charge in [0, 0.05) is 0 Å². The Bertz CT molecular complexity index is 763. The first-order valence-electron chi connectivity index (χ1n) is 6.39. The molecule has 0 saturated carbocycles. The maximum atomic E-state index is 12.9. The van der Waals surface area contributed by atoms with Crippen LogP contribution >= 0.6 is 11.8 Å². The van der Waals surface area contributed by atoms with E-state index >= 15 is 0 Å². The summed E-state index contributed by atoms with van der Waals surface area (Å²) >= 11 is 0.841. The fraction of sp³-hybridized carbons (Fsp3) is 0. The molecule has 4 nitrogen and oxygen atoms in total. The van der Waals surface area contributed by atoms with Gasteiger partial charge in [0.25, 0.3) is 11.1 Å². The Hall–Kier alpha value is -2.60. The van der Waals surface area contributed by atoms with Crippen LogP contribution in [0.15, 0.2) is 64.1 Å². The van der Waals surface area contributed by atoms with Crippen molar-refractivity contribution < 1.29 is 18.4 Å². The fourth-order valence-electron chi connectivity index (χ4n) is 1.91. The number of nitrogens with zero attached hydrogens (tertiary/aromatic N) is 1. The van der Waals surface area contributed by atoms with E-state index in [9.17, 15) is 14.0 Å². The van der Waals surface area contributed by atoms with Crippen LogP contribution in [0.2, 0.25) is 0 Å². The van der Waals surface area contributed by atoms with Gasteiger partial charge in [-0.25, -0.2) is 9.29 Å². The molecule has 0 bridgehead atoms. The lowest BCUT2D eigenvalue weighted by Crippen LogP contribution is -2.27. The minimum Gasteiger partial charge on any atom is -0.465 e. The summed E-state index contributed by atoms with van der Waals surface area (Å²) in [6, 6.07) is 8.73. The number of amides is 2. The van der Waals surface area contributed by atoms with Gasteiger partial charge in [-0.2, -0.15) is 0 Å². The SMILES string of the molecule is O=C1S/C(=C\C=C\c2ccco2)C(=O)N1c1ccc(F)cc1. The molecule has 2 aromatic rings. The summed E-state index contributed by atoms with van der Waals surface area (Å²) in [5.41, 5.74) is 0.349. The zero-order chi connectivity index (χ0) is 15.5. The molecule has 22 heavy (non-hydrogen) atoms. The lowest BCUT2D eigenvalue weighted by Gasteiger charge is -2.11. The topological polar surface area (TPSA) is 50.5 Å². The van der Waals surface area contributed by atoms with Gasteiger partial charge in [0.1, 0.15) is 11.6 Å². The summed E-state index contributed by atoms with van der Waals surface area (Å²) in [4.78, 5) is 25.5. The third-order valence-corrected chi connectivity index (χ3v) is 3.82. The number of thioether (sulfide) groups is 1. The largest absolute Gasteiger partial charge is 0.465 e. The van der Waals surface area contributed by atoms with Crippen LogP contribution in [0.4, 0.5) is 14.9 Å². The minimum atomic E-state index is -0.425. The van der Waals surface area contributed by atoms with Crippen LogP contribution < -0.4 is 4.90 Å². The van der Waals surface area contributed by atoms with E-state index in [1.165, 1.54) is 24.3 Å². The number of benzene rings is 1. The van der Waals surface area contributed by atoms with E-state index in [4.69, 9.17) is 4.42 Å². The quantitative estimate of drug-likeness (QED) is 0.796. The normalized spacial score (nSPS) is 17.1. The molecule has 0 N–H and O–H groups in total. The number of carbonyl (C=O) groups excluding carboxylic acids is 2. The first-order chi connectivity index (χ1) is 10.6. The fourth-order valence-corrected chi connectivity index (χ4v) is 2.70. The second kappa shape index (κ2) is 6.03. The molecular weight excluding hydrogens is 305 g/mol. The van der Waals surface area contributed by atoms with Gasteiger partial charge in [-0.1, -0.05) is 6.08 Å². The highest BCUT2D eigenvalue weighted by Gasteiger charge is 2.35. The molecule has 1 aliphatic heterocycles. The Morgan fingerprint density at radius 3 is 2.59 bits per heavy atom. The molecule has 6 heteroatoms. The predicted molar refractivity (Wildman–Crippen MR) is 82.7 cm³/mol. The van der Waals surface area contributed by atoms with Crippen molar-refractivity contribution in [3.8, 4) is 0 Å². The van der Waals surface area contributed by atoms with E-state index in [0.29, 0.717) is 16.4 Å². The minimum absolute atomic E-state index is 0.303. The number of anilines is 1. The Kier molecular flexibility index (Phi) is 3.93. The van der Waals surface area contributed by atoms with Crippen LogP contribution in [-0.2, 0) is 4.79 Å². The maximum Gasteiger partial charge on any atom is 0.298 e. The van der Waals surface area contributed by atoms with Crippen molar-refractivity contribution in [3.63, 3.8) is 0 Å².